The number of nitrogens with zero attached hydrogens (tertiary/aromatic N) is 2. The van der Waals surface area contributed by atoms with E-state index in [4.69, 9.17) is 4.99 Å². The van der Waals surface area contributed by atoms with Crippen molar-refractivity contribution in [2.75, 3.05) is 19.6 Å². The van der Waals surface area contributed by atoms with Gasteiger partial charge in [0, 0.05) is 17.7 Å². The Morgan fingerprint density at radius 1 is 0.875 bits per heavy atom. The van der Waals surface area contributed by atoms with Crippen LogP contribution in [0, 0.1) is 11.8 Å². The Kier molecular flexibility index (Phi) is 3.52. The average Bonchev–Trinajstić information content (AvgIpc) is 2.68. The molecule has 24 heavy (non-hydrogen) atoms. The molecule has 4 heterocycles. The lowest BCUT2D eigenvalue weighted by atomic mass is 9.73. The van der Waals surface area contributed by atoms with Gasteiger partial charge in [-0.25, -0.2) is 0 Å². The molecule has 2 atom stereocenters. The summed E-state index contributed by atoms with van der Waals surface area (Å²) < 4.78 is 0. The molecule has 2 aromatic carbocycles. The second kappa shape index (κ2) is 5.86. The number of fused-ring (bicyclic) bond motifs is 4. The smallest absolute Gasteiger partial charge is 0.0725 e. The van der Waals surface area contributed by atoms with E-state index in [0.29, 0.717) is 6.04 Å². The second-order valence-electron chi connectivity index (χ2n) is 7.57. The van der Waals surface area contributed by atoms with Crippen LogP contribution >= 0.6 is 0 Å². The van der Waals surface area contributed by atoms with Crippen LogP contribution < -0.4 is 0 Å². The fourth-order valence-corrected chi connectivity index (χ4v) is 4.96. The fraction of sp³-hybridized carbons (Fsp3) is 0.409. The summed E-state index contributed by atoms with van der Waals surface area (Å²) in [5.74, 6) is 1.62. The van der Waals surface area contributed by atoms with Gasteiger partial charge in [0.15, 0.2) is 0 Å². The van der Waals surface area contributed by atoms with Crippen molar-refractivity contribution in [2.24, 2.45) is 16.8 Å². The van der Waals surface area contributed by atoms with Crippen LogP contribution in [-0.2, 0) is 6.42 Å². The molecule has 0 radical (unpaired) electrons. The lowest BCUT2D eigenvalue weighted by Gasteiger charge is -2.47. The number of hydrogen-bond acceptors (Lipinski definition) is 2. The predicted molar refractivity (Wildman–Crippen MR) is 98.7 cm³/mol. The van der Waals surface area contributed by atoms with Crippen molar-refractivity contribution in [1.29, 1.82) is 0 Å². The monoisotopic (exact) mass is 316 g/mol. The lowest BCUT2D eigenvalue weighted by molar-refractivity contribution is 0.0380. The largest absolute Gasteiger partial charge is 0.303 e. The van der Waals surface area contributed by atoms with Gasteiger partial charge >= 0.3 is 0 Å². The van der Waals surface area contributed by atoms with E-state index in [1.165, 1.54) is 54.9 Å². The first-order valence-corrected chi connectivity index (χ1v) is 9.32. The Labute approximate surface area is 144 Å². The quantitative estimate of drug-likeness (QED) is 0.823. The van der Waals surface area contributed by atoms with Crippen molar-refractivity contribution in [3.63, 3.8) is 0 Å². The Morgan fingerprint density at radius 2 is 1.62 bits per heavy atom. The molecule has 2 nitrogen and oxygen atoms in total. The van der Waals surface area contributed by atoms with Gasteiger partial charge in [-0.1, -0.05) is 54.6 Å². The molecule has 2 unspecified atom stereocenters. The first kappa shape index (κ1) is 14.4. The number of benzene rings is 2. The van der Waals surface area contributed by atoms with Crippen molar-refractivity contribution in [3.05, 3.63) is 71.3 Å². The molecule has 0 amide bonds. The van der Waals surface area contributed by atoms with E-state index in [2.05, 4.69) is 59.5 Å². The summed E-state index contributed by atoms with van der Waals surface area (Å²) in [6.45, 7) is 3.86. The molecule has 2 aromatic rings. The van der Waals surface area contributed by atoms with E-state index >= 15 is 0 Å². The molecule has 2 bridgehead atoms. The van der Waals surface area contributed by atoms with Crippen LogP contribution in [0.4, 0.5) is 0 Å². The average molecular weight is 316 g/mol. The summed E-state index contributed by atoms with van der Waals surface area (Å²) in [6.07, 6.45) is 3.86. The summed E-state index contributed by atoms with van der Waals surface area (Å²) in [5.41, 5.74) is 5.28. The van der Waals surface area contributed by atoms with Crippen LogP contribution in [0.2, 0.25) is 0 Å². The van der Waals surface area contributed by atoms with Crippen molar-refractivity contribution in [1.82, 2.24) is 4.90 Å². The molecule has 0 N–H and O–H groups in total. The third kappa shape index (κ3) is 2.41. The van der Waals surface area contributed by atoms with Crippen LogP contribution in [0.1, 0.15) is 29.5 Å². The third-order valence-corrected chi connectivity index (χ3v) is 6.24. The van der Waals surface area contributed by atoms with Crippen molar-refractivity contribution < 1.29 is 0 Å². The molecule has 4 aliphatic heterocycles. The summed E-state index contributed by atoms with van der Waals surface area (Å²) in [7, 11) is 0. The molecular weight excluding hydrogens is 292 g/mol. The predicted octanol–water partition coefficient (Wildman–Crippen LogP) is 3.79. The normalized spacial score (nSPS) is 31.4. The van der Waals surface area contributed by atoms with Crippen LogP contribution in [-0.4, -0.2) is 36.3 Å². The van der Waals surface area contributed by atoms with Crippen LogP contribution in [0.25, 0.3) is 0 Å². The maximum absolute atomic E-state index is 5.33. The van der Waals surface area contributed by atoms with Gasteiger partial charge in [-0.2, -0.15) is 0 Å². The lowest BCUT2D eigenvalue weighted by Crippen LogP contribution is -2.51. The van der Waals surface area contributed by atoms with Crippen molar-refractivity contribution in [2.45, 2.75) is 25.3 Å². The molecule has 3 fully saturated rings. The standard InChI is InChI=1S/C22H24N2/c1-2-6-17(7-3-1)22-19-9-5-4-8-18(19)14-21(23-22)20-15-24-12-10-16(20)11-13-24/h1-9,16,20-21H,10-15H2. The molecule has 0 aromatic heterocycles. The highest BCUT2D eigenvalue weighted by Gasteiger charge is 2.40. The Hall–Kier alpha value is -1.93. The SMILES string of the molecule is c1ccc(C2=NC(C3CN4CCC3CC4)Cc3ccccc32)cc1. The van der Waals surface area contributed by atoms with Crippen molar-refractivity contribution >= 4 is 5.71 Å². The van der Waals surface area contributed by atoms with Crippen LogP contribution in [0.15, 0.2) is 59.6 Å². The fourth-order valence-electron chi connectivity index (χ4n) is 4.96. The second-order valence-corrected chi connectivity index (χ2v) is 7.57. The van der Waals surface area contributed by atoms with Gasteiger partial charge in [0.2, 0.25) is 0 Å². The number of piperidine rings is 3. The van der Waals surface area contributed by atoms with Gasteiger partial charge in [-0.3, -0.25) is 4.99 Å². The van der Waals surface area contributed by atoms with E-state index in [0.717, 1.165) is 18.3 Å². The number of aliphatic imine (C=N–C) groups is 1. The molecule has 6 rings (SSSR count). The summed E-state index contributed by atoms with van der Waals surface area (Å²) in [6, 6.07) is 20.1. The zero-order valence-electron chi connectivity index (χ0n) is 14.1. The Bertz CT molecular complexity index is 757. The molecule has 0 spiro atoms. The zero-order chi connectivity index (χ0) is 15.9. The van der Waals surface area contributed by atoms with E-state index in [1.54, 1.807) is 0 Å². The number of hydrogen-bond donors (Lipinski definition) is 0. The third-order valence-electron chi connectivity index (χ3n) is 6.24. The maximum atomic E-state index is 5.33. The van der Waals surface area contributed by atoms with Crippen LogP contribution in [0.5, 0.6) is 0 Å². The van der Waals surface area contributed by atoms with Gasteiger partial charge in [0.1, 0.15) is 0 Å². The number of rotatable bonds is 2. The van der Waals surface area contributed by atoms with Gasteiger partial charge in [0.05, 0.1) is 11.8 Å². The summed E-state index contributed by atoms with van der Waals surface area (Å²) in [4.78, 5) is 7.98. The van der Waals surface area contributed by atoms with Crippen LogP contribution in [0.3, 0.4) is 0 Å². The molecule has 2 heteroatoms. The first-order valence-electron chi connectivity index (χ1n) is 9.32. The molecule has 0 aliphatic carbocycles. The topological polar surface area (TPSA) is 15.6 Å². The minimum atomic E-state index is 0.447. The van der Waals surface area contributed by atoms with Crippen molar-refractivity contribution in [3.8, 4) is 0 Å². The van der Waals surface area contributed by atoms with E-state index in [9.17, 15) is 0 Å². The highest BCUT2D eigenvalue weighted by Crippen LogP contribution is 2.38. The van der Waals surface area contributed by atoms with Gasteiger partial charge < -0.3 is 4.90 Å². The van der Waals surface area contributed by atoms with Gasteiger partial charge in [-0.15, -0.1) is 0 Å². The molecule has 122 valence electrons. The maximum Gasteiger partial charge on any atom is 0.0725 e. The Morgan fingerprint density at radius 3 is 2.38 bits per heavy atom. The van der Waals surface area contributed by atoms with Gasteiger partial charge in [-0.05, 0) is 49.8 Å². The molecule has 0 saturated carbocycles. The molecule has 4 aliphatic rings. The Balaban J connectivity index is 1.56. The summed E-state index contributed by atoms with van der Waals surface area (Å²) in [5, 5.41) is 0. The summed E-state index contributed by atoms with van der Waals surface area (Å²) >= 11 is 0. The highest BCUT2D eigenvalue weighted by atomic mass is 15.2. The van der Waals surface area contributed by atoms with E-state index < -0.39 is 0 Å². The zero-order valence-corrected chi connectivity index (χ0v) is 14.1. The van der Waals surface area contributed by atoms with Gasteiger partial charge in [0.25, 0.3) is 0 Å². The highest BCUT2D eigenvalue weighted by molar-refractivity contribution is 6.14. The minimum absolute atomic E-state index is 0.447. The first-order chi connectivity index (χ1) is 11.9. The van der Waals surface area contributed by atoms with E-state index in [-0.39, 0.29) is 0 Å². The van der Waals surface area contributed by atoms with E-state index in [1.807, 2.05) is 0 Å². The minimum Gasteiger partial charge on any atom is -0.303 e. The molecular formula is C22H24N2. The molecule has 3 saturated heterocycles.